The number of hydrogen-bond donors (Lipinski definition) is 2. The number of nitrogens with one attached hydrogen (secondary N) is 2. The number of nitrogens with zero attached hydrogens (tertiary/aromatic N) is 3. The van der Waals surface area contributed by atoms with Gasteiger partial charge in [-0.1, -0.05) is 59.2 Å². The molecule has 32 heavy (non-hydrogen) atoms. The monoisotopic (exact) mass is 515 g/mol. The van der Waals surface area contributed by atoms with Crippen LogP contribution in [-0.2, 0) is 11.8 Å². The summed E-state index contributed by atoms with van der Waals surface area (Å²) in [5.74, 6) is 0.667. The molecule has 2 amide bonds. The van der Waals surface area contributed by atoms with E-state index >= 15 is 0 Å². The van der Waals surface area contributed by atoms with Crippen LogP contribution in [-0.4, -0.2) is 32.3 Å². The summed E-state index contributed by atoms with van der Waals surface area (Å²) in [6.45, 7) is 6.00. The van der Waals surface area contributed by atoms with Crippen LogP contribution in [0.2, 0.25) is 0 Å². The quantitative estimate of drug-likeness (QED) is 0.422. The van der Waals surface area contributed by atoms with Gasteiger partial charge in [0.15, 0.2) is 11.0 Å². The van der Waals surface area contributed by atoms with Gasteiger partial charge in [-0.2, -0.15) is 0 Å². The van der Waals surface area contributed by atoms with Gasteiger partial charge in [-0.25, -0.2) is 0 Å². The molecule has 0 radical (unpaired) electrons. The number of hydrogen-bond acceptors (Lipinski definition) is 5. The number of carbonyl (C=O) groups excluding carboxylic acids is 2. The zero-order valence-electron chi connectivity index (χ0n) is 18.4. The predicted molar refractivity (Wildman–Crippen MR) is 131 cm³/mol. The van der Waals surface area contributed by atoms with Crippen LogP contribution in [0.5, 0.6) is 0 Å². The van der Waals surface area contributed by atoms with Gasteiger partial charge in [0.05, 0.1) is 11.8 Å². The van der Waals surface area contributed by atoms with Crippen molar-refractivity contribution in [1.82, 2.24) is 20.1 Å². The maximum Gasteiger partial charge on any atom is 0.251 e. The van der Waals surface area contributed by atoms with E-state index in [4.69, 9.17) is 0 Å². The Balaban J connectivity index is 1.66. The number of amides is 2. The molecule has 1 aromatic heterocycles. The number of rotatable bonds is 8. The minimum Gasteiger partial charge on any atom is -0.342 e. The molecule has 0 saturated heterocycles. The molecule has 0 bridgehead atoms. The molecule has 0 fully saturated rings. The molecular formula is C23H26BrN5O2S. The van der Waals surface area contributed by atoms with Crippen molar-refractivity contribution in [3.8, 4) is 0 Å². The molecule has 1 atom stereocenters. The highest BCUT2D eigenvalue weighted by atomic mass is 79.9. The van der Waals surface area contributed by atoms with Crippen LogP contribution < -0.4 is 10.6 Å². The highest BCUT2D eigenvalue weighted by Gasteiger charge is 2.25. The largest absolute Gasteiger partial charge is 0.342 e. The lowest BCUT2D eigenvalue weighted by molar-refractivity contribution is -0.113. The molecule has 2 N–H and O–H groups in total. The van der Waals surface area contributed by atoms with E-state index in [0.717, 1.165) is 15.7 Å². The fourth-order valence-corrected chi connectivity index (χ4v) is 4.11. The molecule has 1 heterocycles. The van der Waals surface area contributed by atoms with Crippen molar-refractivity contribution in [2.45, 2.75) is 32.0 Å². The first kappa shape index (κ1) is 24.0. The molecule has 9 heteroatoms. The standard InChI is InChI=1S/C23H26BrN5O2S/c1-14(2)20(26-22(31)16-7-5-6-15(3)12-16)21-27-28-23(29(21)4)32-13-19(30)25-18-10-8-17(24)9-11-18/h5-12,14,20H,13H2,1-4H3,(H,25,30)(H,26,31)/t20-/m0/s1. The molecule has 0 saturated carbocycles. The average molecular weight is 516 g/mol. The second-order valence-corrected chi connectivity index (χ2v) is 9.67. The van der Waals surface area contributed by atoms with E-state index < -0.39 is 0 Å². The summed E-state index contributed by atoms with van der Waals surface area (Å²) >= 11 is 4.68. The highest BCUT2D eigenvalue weighted by molar-refractivity contribution is 9.10. The van der Waals surface area contributed by atoms with Crippen LogP contribution in [0.1, 0.15) is 41.6 Å². The van der Waals surface area contributed by atoms with Crippen molar-refractivity contribution in [3.05, 3.63) is 70.0 Å². The molecule has 3 aromatic rings. The number of benzene rings is 2. The van der Waals surface area contributed by atoms with Gasteiger partial charge in [-0.05, 0) is 49.2 Å². The van der Waals surface area contributed by atoms with Crippen molar-refractivity contribution < 1.29 is 9.59 Å². The summed E-state index contributed by atoms with van der Waals surface area (Å²) in [6.07, 6.45) is 0. The van der Waals surface area contributed by atoms with E-state index in [1.807, 2.05) is 74.9 Å². The van der Waals surface area contributed by atoms with Gasteiger partial charge in [0.2, 0.25) is 5.91 Å². The predicted octanol–water partition coefficient (Wildman–Crippen LogP) is 4.74. The summed E-state index contributed by atoms with van der Waals surface area (Å²) in [5.41, 5.74) is 2.37. The number of anilines is 1. The normalized spacial score (nSPS) is 11.9. The van der Waals surface area contributed by atoms with Crippen molar-refractivity contribution in [3.63, 3.8) is 0 Å². The first-order valence-corrected chi connectivity index (χ1v) is 12.0. The number of aromatic nitrogens is 3. The van der Waals surface area contributed by atoms with Gasteiger partial charge < -0.3 is 15.2 Å². The van der Waals surface area contributed by atoms with Crippen LogP contribution in [0, 0.1) is 12.8 Å². The van der Waals surface area contributed by atoms with E-state index in [1.54, 1.807) is 6.07 Å². The maximum atomic E-state index is 12.8. The van der Waals surface area contributed by atoms with Crippen molar-refractivity contribution in [2.75, 3.05) is 11.1 Å². The summed E-state index contributed by atoms with van der Waals surface area (Å²) in [5, 5.41) is 15.1. The lowest BCUT2D eigenvalue weighted by atomic mass is 10.0. The third-order valence-corrected chi connectivity index (χ3v) is 6.39. The first-order valence-electron chi connectivity index (χ1n) is 10.2. The maximum absolute atomic E-state index is 12.8. The summed E-state index contributed by atoms with van der Waals surface area (Å²) < 4.78 is 2.78. The Bertz CT molecular complexity index is 1100. The molecule has 0 unspecified atom stereocenters. The average Bonchev–Trinajstić information content (AvgIpc) is 3.11. The molecule has 7 nitrogen and oxygen atoms in total. The minimum absolute atomic E-state index is 0.102. The van der Waals surface area contributed by atoms with Crippen molar-refractivity contribution in [2.24, 2.45) is 13.0 Å². The zero-order valence-corrected chi connectivity index (χ0v) is 20.8. The molecular weight excluding hydrogens is 490 g/mol. The van der Waals surface area contributed by atoms with Crippen LogP contribution in [0.15, 0.2) is 58.2 Å². The zero-order chi connectivity index (χ0) is 23.3. The Morgan fingerprint density at radius 3 is 2.50 bits per heavy atom. The number of thioether (sulfide) groups is 1. The van der Waals surface area contributed by atoms with E-state index in [1.165, 1.54) is 11.8 Å². The fraction of sp³-hybridized carbons (Fsp3) is 0.304. The second-order valence-electron chi connectivity index (χ2n) is 7.81. The highest BCUT2D eigenvalue weighted by Crippen LogP contribution is 2.25. The van der Waals surface area contributed by atoms with Crippen molar-refractivity contribution in [1.29, 1.82) is 0 Å². The molecule has 3 rings (SSSR count). The Morgan fingerprint density at radius 2 is 1.84 bits per heavy atom. The number of carbonyl (C=O) groups is 2. The van der Waals surface area contributed by atoms with Crippen LogP contribution in [0.4, 0.5) is 5.69 Å². The Morgan fingerprint density at radius 1 is 1.12 bits per heavy atom. The third kappa shape index (κ3) is 6.20. The molecule has 0 aliphatic rings. The Hall–Kier alpha value is -2.65. The Kier molecular flexibility index (Phi) is 8.09. The summed E-state index contributed by atoms with van der Waals surface area (Å²) in [6, 6.07) is 14.6. The second kappa shape index (κ2) is 10.8. The van der Waals surface area contributed by atoms with Crippen LogP contribution >= 0.6 is 27.7 Å². The third-order valence-electron chi connectivity index (χ3n) is 4.84. The van der Waals surface area contributed by atoms with Gasteiger partial charge in [-0.3, -0.25) is 9.59 Å². The smallest absolute Gasteiger partial charge is 0.251 e. The summed E-state index contributed by atoms with van der Waals surface area (Å²) in [4.78, 5) is 25.1. The number of aryl methyl sites for hydroxylation is 1. The van der Waals surface area contributed by atoms with Gasteiger partial charge in [-0.15, -0.1) is 10.2 Å². The van der Waals surface area contributed by atoms with Gasteiger partial charge >= 0.3 is 0 Å². The van der Waals surface area contributed by atoms with E-state index in [2.05, 4.69) is 36.8 Å². The molecule has 0 spiro atoms. The Labute approximate surface area is 200 Å². The van der Waals surface area contributed by atoms with Crippen LogP contribution in [0.3, 0.4) is 0 Å². The molecule has 2 aromatic carbocycles. The number of halogens is 1. The van der Waals surface area contributed by atoms with E-state index in [0.29, 0.717) is 16.5 Å². The molecule has 168 valence electrons. The summed E-state index contributed by atoms with van der Waals surface area (Å²) in [7, 11) is 1.85. The topological polar surface area (TPSA) is 88.9 Å². The van der Waals surface area contributed by atoms with Gasteiger partial charge in [0.25, 0.3) is 5.91 Å². The minimum atomic E-state index is -0.313. The van der Waals surface area contributed by atoms with Crippen molar-refractivity contribution >= 4 is 45.2 Å². The van der Waals surface area contributed by atoms with Gasteiger partial charge in [0.1, 0.15) is 0 Å². The van der Waals surface area contributed by atoms with E-state index in [9.17, 15) is 9.59 Å². The lowest BCUT2D eigenvalue weighted by Gasteiger charge is -2.21. The van der Waals surface area contributed by atoms with E-state index in [-0.39, 0.29) is 29.5 Å². The van der Waals surface area contributed by atoms with Gasteiger partial charge in [0, 0.05) is 22.8 Å². The molecule has 0 aliphatic carbocycles. The lowest BCUT2D eigenvalue weighted by Crippen LogP contribution is -2.33. The molecule has 0 aliphatic heterocycles. The van der Waals surface area contributed by atoms with Crippen LogP contribution in [0.25, 0.3) is 0 Å². The SMILES string of the molecule is Cc1cccc(C(=O)N[C@H](c2nnc(SCC(=O)Nc3ccc(Br)cc3)n2C)C(C)C)c1. The fourth-order valence-electron chi connectivity index (χ4n) is 3.12. The first-order chi connectivity index (χ1) is 15.2.